The van der Waals surface area contributed by atoms with Crippen molar-refractivity contribution >= 4 is 15.9 Å². The van der Waals surface area contributed by atoms with Gasteiger partial charge in [0.15, 0.2) is 0 Å². The van der Waals surface area contributed by atoms with E-state index in [0.29, 0.717) is 10.4 Å². The molecule has 1 aromatic carbocycles. The number of nitrogens with zero attached hydrogens (tertiary/aromatic N) is 1. The lowest BCUT2D eigenvalue weighted by molar-refractivity contribution is -0.137. The summed E-state index contributed by atoms with van der Waals surface area (Å²) in [6, 6.07) is 4.34. The summed E-state index contributed by atoms with van der Waals surface area (Å²) >= 11 is 3.26. The highest BCUT2D eigenvalue weighted by atomic mass is 79.9. The van der Waals surface area contributed by atoms with Crippen molar-refractivity contribution in [2.75, 3.05) is 26.2 Å². The number of nitrogens with one attached hydrogen (secondary N) is 1. The highest BCUT2D eigenvalue weighted by Gasteiger charge is 2.33. The van der Waals surface area contributed by atoms with Crippen LogP contribution in [0.3, 0.4) is 0 Å². The summed E-state index contributed by atoms with van der Waals surface area (Å²) in [5.41, 5.74) is 0.181. The van der Waals surface area contributed by atoms with E-state index >= 15 is 0 Å². The molecular formula is C17H24BrF3N2. The van der Waals surface area contributed by atoms with E-state index in [9.17, 15) is 13.2 Å². The van der Waals surface area contributed by atoms with Crippen molar-refractivity contribution in [2.45, 2.75) is 38.9 Å². The maximum Gasteiger partial charge on any atom is 0.416 e. The molecule has 130 valence electrons. The van der Waals surface area contributed by atoms with Crippen LogP contribution in [0.15, 0.2) is 22.7 Å². The fraction of sp³-hybridized carbons (Fsp3) is 0.647. The van der Waals surface area contributed by atoms with Gasteiger partial charge in [-0.05, 0) is 36.1 Å². The van der Waals surface area contributed by atoms with Crippen LogP contribution in [-0.4, -0.2) is 31.1 Å². The first-order valence-corrected chi connectivity index (χ1v) is 8.94. The third-order valence-corrected chi connectivity index (χ3v) is 4.87. The number of rotatable bonds is 5. The molecule has 0 aromatic heterocycles. The molecule has 0 radical (unpaired) electrons. The van der Waals surface area contributed by atoms with Crippen LogP contribution < -0.4 is 5.32 Å². The number of halogens is 4. The first-order valence-electron chi connectivity index (χ1n) is 8.15. The smallest absolute Gasteiger partial charge is 0.314 e. The van der Waals surface area contributed by atoms with Crippen molar-refractivity contribution < 1.29 is 13.2 Å². The minimum Gasteiger partial charge on any atom is -0.314 e. The molecule has 0 aliphatic carbocycles. The van der Waals surface area contributed by atoms with Gasteiger partial charge in [0, 0.05) is 36.7 Å². The molecule has 0 spiro atoms. The van der Waals surface area contributed by atoms with E-state index in [4.69, 9.17) is 0 Å². The lowest BCUT2D eigenvalue weighted by Crippen LogP contribution is -2.46. The molecule has 1 heterocycles. The summed E-state index contributed by atoms with van der Waals surface area (Å²) < 4.78 is 40.0. The Labute approximate surface area is 144 Å². The normalized spacial score (nSPS) is 19.6. The Hall–Kier alpha value is -0.590. The molecule has 6 heteroatoms. The number of alkyl halides is 3. The molecule has 1 aliphatic heterocycles. The molecule has 0 saturated carbocycles. The average Bonchev–Trinajstić information content (AvgIpc) is 2.47. The molecule has 1 aliphatic rings. The fourth-order valence-electron chi connectivity index (χ4n) is 3.42. The Kier molecular flexibility index (Phi) is 6.51. The van der Waals surface area contributed by atoms with Crippen LogP contribution in [0, 0.1) is 5.92 Å². The SMILES string of the molecule is CCCC(C)[C@H](c1cc(Br)cc(C(F)(F)F)c1)N1CCNCC1. The summed E-state index contributed by atoms with van der Waals surface area (Å²) in [5, 5.41) is 3.31. The molecule has 2 atom stereocenters. The third-order valence-electron chi connectivity index (χ3n) is 4.42. The van der Waals surface area contributed by atoms with Crippen LogP contribution in [0.25, 0.3) is 0 Å². The van der Waals surface area contributed by atoms with Crippen molar-refractivity contribution in [1.29, 1.82) is 0 Å². The van der Waals surface area contributed by atoms with Crippen LogP contribution in [0.2, 0.25) is 0 Å². The topological polar surface area (TPSA) is 15.3 Å². The minimum atomic E-state index is -4.32. The minimum absolute atomic E-state index is 0.0237. The molecule has 2 rings (SSSR count). The summed E-state index contributed by atoms with van der Waals surface area (Å²) in [5.74, 6) is 0.313. The van der Waals surface area contributed by atoms with Crippen LogP contribution in [-0.2, 0) is 6.18 Å². The molecule has 1 aromatic rings. The lowest BCUT2D eigenvalue weighted by atomic mass is 9.88. The van der Waals surface area contributed by atoms with Gasteiger partial charge < -0.3 is 5.32 Å². The Bertz CT molecular complexity index is 513. The average molecular weight is 393 g/mol. The molecule has 1 unspecified atom stereocenters. The van der Waals surface area contributed by atoms with Crippen molar-refractivity contribution in [1.82, 2.24) is 10.2 Å². The second-order valence-electron chi connectivity index (χ2n) is 6.27. The Morgan fingerprint density at radius 1 is 1.22 bits per heavy atom. The zero-order valence-corrected chi connectivity index (χ0v) is 15.2. The van der Waals surface area contributed by atoms with Gasteiger partial charge in [0.25, 0.3) is 0 Å². The van der Waals surface area contributed by atoms with Gasteiger partial charge in [-0.1, -0.05) is 36.2 Å². The van der Waals surface area contributed by atoms with Crippen molar-refractivity contribution in [3.8, 4) is 0 Å². The van der Waals surface area contributed by atoms with E-state index in [1.807, 2.05) is 6.07 Å². The van der Waals surface area contributed by atoms with E-state index in [0.717, 1.165) is 50.7 Å². The molecule has 0 amide bonds. The van der Waals surface area contributed by atoms with E-state index in [1.54, 1.807) is 0 Å². The summed E-state index contributed by atoms with van der Waals surface area (Å²) in [6.45, 7) is 7.77. The molecule has 2 nitrogen and oxygen atoms in total. The Morgan fingerprint density at radius 2 is 1.87 bits per heavy atom. The maximum absolute atomic E-state index is 13.2. The third kappa shape index (κ3) is 4.94. The van der Waals surface area contributed by atoms with Gasteiger partial charge in [0.1, 0.15) is 0 Å². The van der Waals surface area contributed by atoms with Crippen LogP contribution in [0.1, 0.15) is 43.9 Å². The van der Waals surface area contributed by atoms with Gasteiger partial charge >= 0.3 is 6.18 Å². The zero-order chi connectivity index (χ0) is 17.0. The van der Waals surface area contributed by atoms with E-state index in [2.05, 4.69) is 40.0 Å². The van der Waals surface area contributed by atoms with E-state index in [1.165, 1.54) is 6.07 Å². The van der Waals surface area contributed by atoms with Gasteiger partial charge in [0.2, 0.25) is 0 Å². The van der Waals surface area contributed by atoms with Crippen molar-refractivity contribution in [3.05, 3.63) is 33.8 Å². The Morgan fingerprint density at radius 3 is 2.43 bits per heavy atom. The first kappa shape index (κ1) is 18.7. The number of piperazine rings is 1. The van der Waals surface area contributed by atoms with Crippen LogP contribution >= 0.6 is 15.9 Å². The van der Waals surface area contributed by atoms with E-state index in [-0.39, 0.29) is 6.04 Å². The van der Waals surface area contributed by atoms with Crippen molar-refractivity contribution in [2.24, 2.45) is 5.92 Å². The predicted octanol–water partition coefficient (Wildman–Crippen LogP) is 4.85. The van der Waals surface area contributed by atoms with Gasteiger partial charge in [-0.25, -0.2) is 0 Å². The van der Waals surface area contributed by atoms with Crippen LogP contribution in [0.4, 0.5) is 13.2 Å². The number of hydrogen-bond donors (Lipinski definition) is 1. The number of hydrogen-bond acceptors (Lipinski definition) is 2. The molecular weight excluding hydrogens is 369 g/mol. The molecule has 1 fully saturated rings. The molecule has 0 bridgehead atoms. The lowest BCUT2D eigenvalue weighted by Gasteiger charge is -2.39. The highest BCUT2D eigenvalue weighted by Crippen LogP contribution is 2.38. The molecule has 1 saturated heterocycles. The van der Waals surface area contributed by atoms with Gasteiger partial charge in [-0.3, -0.25) is 4.90 Å². The second-order valence-corrected chi connectivity index (χ2v) is 7.18. The zero-order valence-electron chi connectivity index (χ0n) is 13.6. The second kappa shape index (κ2) is 7.99. The highest BCUT2D eigenvalue weighted by molar-refractivity contribution is 9.10. The largest absolute Gasteiger partial charge is 0.416 e. The Balaban J connectivity index is 2.39. The summed E-state index contributed by atoms with van der Waals surface area (Å²) in [7, 11) is 0. The van der Waals surface area contributed by atoms with Gasteiger partial charge in [-0.2, -0.15) is 13.2 Å². The summed E-state index contributed by atoms with van der Waals surface area (Å²) in [6.07, 6.45) is -2.28. The molecule has 1 N–H and O–H groups in total. The predicted molar refractivity (Wildman–Crippen MR) is 90.4 cm³/mol. The summed E-state index contributed by atoms with van der Waals surface area (Å²) in [4.78, 5) is 2.32. The maximum atomic E-state index is 13.2. The fourth-order valence-corrected chi connectivity index (χ4v) is 3.93. The first-order chi connectivity index (χ1) is 10.8. The van der Waals surface area contributed by atoms with Crippen LogP contribution in [0.5, 0.6) is 0 Å². The van der Waals surface area contributed by atoms with Crippen molar-refractivity contribution in [3.63, 3.8) is 0 Å². The molecule has 23 heavy (non-hydrogen) atoms. The quantitative estimate of drug-likeness (QED) is 0.770. The monoisotopic (exact) mass is 392 g/mol. The van der Waals surface area contributed by atoms with Gasteiger partial charge in [-0.15, -0.1) is 0 Å². The van der Waals surface area contributed by atoms with E-state index < -0.39 is 11.7 Å². The number of benzene rings is 1. The standard InChI is InChI=1S/C17H24BrF3N2/c1-3-4-12(2)16(23-7-5-22-6-8-23)13-9-14(17(19,20)21)11-15(18)10-13/h9-12,16,22H,3-8H2,1-2H3/t12?,16-/m1/s1. The van der Waals surface area contributed by atoms with Gasteiger partial charge in [0.05, 0.1) is 5.56 Å².